The molecule has 1 aromatic heterocycles. The van der Waals surface area contributed by atoms with Crippen LogP contribution in [0.3, 0.4) is 0 Å². The van der Waals surface area contributed by atoms with E-state index in [-0.39, 0.29) is 9.22 Å². The molecule has 0 radical (unpaired) electrons. The molecule has 164 valence electrons. The van der Waals surface area contributed by atoms with Gasteiger partial charge in [-0.25, -0.2) is 19.1 Å². The number of thiazole rings is 1. The SMILES string of the molecule is C[C@@](O)(CO)c1ncc([S@](N)(=O)=NC(=O)Nc2c3c(c(C#N)c4c2CCC4)CCC3)s1. The van der Waals surface area contributed by atoms with Crippen LogP contribution in [0.5, 0.6) is 0 Å². The van der Waals surface area contributed by atoms with Gasteiger partial charge in [0.2, 0.25) is 0 Å². The van der Waals surface area contributed by atoms with Crippen LogP contribution in [-0.2, 0) is 41.2 Å². The van der Waals surface area contributed by atoms with Gasteiger partial charge in [0.05, 0.1) is 24.4 Å². The Bertz CT molecular complexity index is 1200. The number of nitrogens with zero attached hydrogens (tertiary/aromatic N) is 3. The minimum absolute atomic E-state index is 0.0293. The number of rotatable bonds is 4. The van der Waals surface area contributed by atoms with Crippen LogP contribution >= 0.6 is 11.3 Å². The number of amides is 2. The average Bonchev–Trinajstić information content (AvgIpc) is 3.47. The summed E-state index contributed by atoms with van der Waals surface area (Å²) >= 11 is 0.833. The molecule has 0 bridgehead atoms. The van der Waals surface area contributed by atoms with E-state index in [1.165, 1.54) is 13.1 Å². The third kappa shape index (κ3) is 3.86. The third-order valence-corrected chi connectivity index (χ3v) is 8.88. The quantitative estimate of drug-likeness (QED) is 0.545. The van der Waals surface area contributed by atoms with Gasteiger partial charge in [0, 0.05) is 5.69 Å². The summed E-state index contributed by atoms with van der Waals surface area (Å²) in [5, 5.41) is 37.8. The third-order valence-electron chi connectivity index (χ3n) is 5.75. The number of nitriles is 1. The molecule has 0 saturated heterocycles. The predicted molar refractivity (Wildman–Crippen MR) is 116 cm³/mol. The standard InChI is InChI=1S/C20H23N5O4S2/c1-20(28,10-26)18-23-9-16(30-18)31(22,29)25-19(27)24-17-13-6-2-4-11(13)15(8-21)12-5-3-7-14(12)17/h9,26,28H,2-7,10H2,1H3,(H3,22,24,25,27,29)/t20-,31-/m1/s1. The van der Waals surface area contributed by atoms with Crippen molar-refractivity contribution in [3.05, 3.63) is 39.0 Å². The Morgan fingerprint density at radius 2 is 1.90 bits per heavy atom. The van der Waals surface area contributed by atoms with Crippen molar-refractivity contribution in [3.63, 3.8) is 0 Å². The molecule has 1 heterocycles. The molecule has 9 nitrogen and oxygen atoms in total. The van der Waals surface area contributed by atoms with E-state index >= 15 is 0 Å². The van der Waals surface area contributed by atoms with Gasteiger partial charge in [-0.15, -0.1) is 15.7 Å². The van der Waals surface area contributed by atoms with Gasteiger partial charge < -0.3 is 15.5 Å². The second-order valence-electron chi connectivity index (χ2n) is 7.99. The normalized spacial score (nSPS) is 18.4. The first-order valence-electron chi connectivity index (χ1n) is 9.93. The highest BCUT2D eigenvalue weighted by atomic mass is 32.2. The number of benzene rings is 1. The molecular formula is C20H23N5O4S2. The lowest BCUT2D eigenvalue weighted by molar-refractivity contribution is -0.00244. The van der Waals surface area contributed by atoms with E-state index < -0.39 is 28.2 Å². The topological polar surface area (TPSA) is 162 Å². The highest BCUT2D eigenvalue weighted by molar-refractivity contribution is 7.93. The highest BCUT2D eigenvalue weighted by Crippen LogP contribution is 2.41. The van der Waals surface area contributed by atoms with Gasteiger partial charge in [-0.05, 0) is 67.7 Å². The Morgan fingerprint density at radius 1 is 1.32 bits per heavy atom. The van der Waals surface area contributed by atoms with E-state index in [1.807, 2.05) is 0 Å². The summed E-state index contributed by atoms with van der Waals surface area (Å²) in [6, 6.07) is 1.51. The zero-order chi connectivity index (χ0) is 22.4. The number of fused-ring (bicyclic) bond motifs is 2. The summed E-state index contributed by atoms with van der Waals surface area (Å²) in [5.74, 6) is 0. The summed E-state index contributed by atoms with van der Waals surface area (Å²) in [7, 11) is -3.59. The number of hydrogen-bond acceptors (Lipinski definition) is 7. The predicted octanol–water partition coefficient (Wildman–Crippen LogP) is 2.12. The van der Waals surface area contributed by atoms with Crippen LogP contribution in [0.1, 0.15) is 52.6 Å². The Hall–Kier alpha value is -2.36. The highest BCUT2D eigenvalue weighted by Gasteiger charge is 2.30. The Kier molecular flexibility index (Phi) is 5.61. The van der Waals surface area contributed by atoms with Crippen molar-refractivity contribution in [2.45, 2.75) is 55.3 Å². The summed E-state index contributed by atoms with van der Waals surface area (Å²) in [5.41, 5.74) is 3.72. The second-order valence-corrected chi connectivity index (χ2v) is 11.0. The molecule has 2 amide bonds. The monoisotopic (exact) mass is 461 g/mol. The first-order valence-corrected chi connectivity index (χ1v) is 12.3. The van der Waals surface area contributed by atoms with E-state index in [0.717, 1.165) is 77.7 Å². The molecule has 1 aromatic carbocycles. The molecule has 0 unspecified atom stereocenters. The summed E-state index contributed by atoms with van der Waals surface area (Å²) in [4.78, 5) is 16.7. The van der Waals surface area contributed by atoms with Gasteiger partial charge in [0.15, 0.2) is 9.92 Å². The molecule has 5 N–H and O–H groups in total. The first-order chi connectivity index (χ1) is 14.7. The zero-order valence-electron chi connectivity index (χ0n) is 17.0. The minimum atomic E-state index is -3.59. The number of hydrogen-bond donors (Lipinski definition) is 4. The molecule has 2 aliphatic carbocycles. The summed E-state index contributed by atoms with van der Waals surface area (Å²) in [6.45, 7) is 0.794. The van der Waals surface area contributed by atoms with Crippen LogP contribution in [0, 0.1) is 11.3 Å². The molecule has 2 atom stereocenters. The number of carbonyl (C=O) groups is 1. The fraction of sp³-hybridized carbons (Fsp3) is 0.450. The van der Waals surface area contributed by atoms with Crippen LogP contribution in [-0.4, -0.2) is 32.0 Å². The van der Waals surface area contributed by atoms with Gasteiger partial charge in [0.25, 0.3) is 0 Å². The van der Waals surface area contributed by atoms with Crippen molar-refractivity contribution in [1.29, 1.82) is 5.26 Å². The number of aromatic nitrogens is 1. The number of urea groups is 1. The van der Waals surface area contributed by atoms with Crippen LogP contribution < -0.4 is 10.5 Å². The van der Waals surface area contributed by atoms with Crippen molar-refractivity contribution >= 4 is 33.0 Å². The Balaban J connectivity index is 1.68. The number of aliphatic hydroxyl groups is 2. The average molecular weight is 462 g/mol. The Morgan fingerprint density at radius 3 is 2.45 bits per heavy atom. The van der Waals surface area contributed by atoms with Crippen molar-refractivity contribution < 1.29 is 19.2 Å². The van der Waals surface area contributed by atoms with Gasteiger partial charge in [0.1, 0.15) is 14.8 Å². The lowest BCUT2D eigenvalue weighted by Crippen LogP contribution is -2.25. The van der Waals surface area contributed by atoms with Crippen molar-refractivity contribution in [2.24, 2.45) is 9.50 Å². The number of anilines is 1. The second kappa shape index (κ2) is 7.96. The fourth-order valence-corrected chi connectivity index (χ4v) is 6.35. The molecule has 0 aliphatic heterocycles. The molecule has 0 fully saturated rings. The Labute approximate surface area is 184 Å². The van der Waals surface area contributed by atoms with Gasteiger partial charge >= 0.3 is 6.03 Å². The van der Waals surface area contributed by atoms with Crippen LogP contribution in [0.15, 0.2) is 14.8 Å². The van der Waals surface area contributed by atoms with Gasteiger partial charge in [-0.2, -0.15) is 5.26 Å². The minimum Gasteiger partial charge on any atom is -0.393 e. The molecule has 0 spiro atoms. The molecular weight excluding hydrogens is 438 g/mol. The van der Waals surface area contributed by atoms with E-state index in [4.69, 9.17) is 5.14 Å². The lowest BCUT2D eigenvalue weighted by Gasteiger charge is -2.17. The molecule has 2 aromatic rings. The molecule has 31 heavy (non-hydrogen) atoms. The van der Waals surface area contributed by atoms with Crippen LogP contribution in [0.2, 0.25) is 0 Å². The first kappa shape index (κ1) is 21.9. The summed E-state index contributed by atoms with van der Waals surface area (Å²) < 4.78 is 16.7. The maximum Gasteiger partial charge on any atom is 0.354 e. The zero-order valence-corrected chi connectivity index (χ0v) is 18.6. The fourth-order valence-electron chi connectivity index (χ4n) is 4.25. The van der Waals surface area contributed by atoms with Crippen LogP contribution in [0.25, 0.3) is 0 Å². The number of aliphatic hydroxyl groups excluding tert-OH is 1. The summed E-state index contributed by atoms with van der Waals surface area (Å²) in [6.07, 6.45) is 6.14. The smallest absolute Gasteiger partial charge is 0.354 e. The van der Waals surface area contributed by atoms with E-state index in [1.54, 1.807) is 0 Å². The van der Waals surface area contributed by atoms with Gasteiger partial charge in [-0.3, -0.25) is 0 Å². The maximum absolute atomic E-state index is 12.9. The molecule has 0 saturated carbocycles. The van der Waals surface area contributed by atoms with E-state index in [9.17, 15) is 24.5 Å². The largest absolute Gasteiger partial charge is 0.393 e. The number of carbonyl (C=O) groups excluding carboxylic acids is 1. The number of nitrogens with one attached hydrogen (secondary N) is 1. The van der Waals surface area contributed by atoms with Gasteiger partial charge in [-0.1, -0.05) is 0 Å². The number of nitrogens with two attached hydrogens (primary N) is 1. The van der Waals surface area contributed by atoms with Crippen molar-refractivity contribution in [1.82, 2.24) is 4.98 Å². The molecule has 11 heteroatoms. The van der Waals surface area contributed by atoms with Crippen molar-refractivity contribution in [2.75, 3.05) is 11.9 Å². The van der Waals surface area contributed by atoms with Crippen LogP contribution in [0.4, 0.5) is 10.5 Å². The molecule has 2 aliphatic rings. The maximum atomic E-state index is 12.9. The van der Waals surface area contributed by atoms with E-state index in [2.05, 4.69) is 20.7 Å². The lowest BCUT2D eigenvalue weighted by atomic mass is 9.93. The molecule has 4 rings (SSSR count). The van der Waals surface area contributed by atoms with Crippen molar-refractivity contribution in [3.8, 4) is 6.07 Å². The van der Waals surface area contributed by atoms with E-state index in [0.29, 0.717) is 5.69 Å².